The van der Waals surface area contributed by atoms with Gasteiger partial charge in [-0.2, -0.15) is 0 Å². The molecule has 5 heteroatoms. The Balaban J connectivity index is 2.44. The fourth-order valence-corrected chi connectivity index (χ4v) is 1.46. The number of rotatable bonds is 2. The molecule has 1 N–H and O–H groups in total. The summed E-state index contributed by atoms with van der Waals surface area (Å²) in [4.78, 5) is 0. The first-order valence-electron chi connectivity index (χ1n) is 4.22. The van der Waals surface area contributed by atoms with Gasteiger partial charge < -0.3 is 9.63 Å². The zero-order valence-electron chi connectivity index (χ0n) is 7.58. The van der Waals surface area contributed by atoms with Crippen LogP contribution in [0.25, 0.3) is 11.3 Å². The lowest BCUT2D eigenvalue weighted by Crippen LogP contribution is -1.80. The van der Waals surface area contributed by atoms with E-state index in [0.29, 0.717) is 17.0 Å². The van der Waals surface area contributed by atoms with Crippen LogP contribution in [-0.4, -0.2) is 10.3 Å². The van der Waals surface area contributed by atoms with Crippen LogP contribution in [0.5, 0.6) is 0 Å². The summed E-state index contributed by atoms with van der Waals surface area (Å²) in [6, 6.07) is 5.53. The molecule has 0 unspecified atom stereocenters. The lowest BCUT2D eigenvalue weighted by molar-refractivity contribution is 0.267. The van der Waals surface area contributed by atoms with E-state index >= 15 is 0 Å². The van der Waals surface area contributed by atoms with Crippen molar-refractivity contribution in [3.05, 3.63) is 40.8 Å². The van der Waals surface area contributed by atoms with Crippen molar-refractivity contribution in [3.8, 4) is 11.3 Å². The number of aliphatic hydroxyl groups excluding tert-OH is 1. The predicted octanol–water partition coefficient (Wildman–Crippen LogP) is 2.63. The minimum absolute atomic E-state index is 0.206. The number of hydrogen-bond acceptors (Lipinski definition) is 3. The van der Waals surface area contributed by atoms with Crippen LogP contribution >= 0.6 is 11.6 Å². The Bertz CT molecular complexity index is 484. The van der Waals surface area contributed by atoms with Gasteiger partial charge in [-0.1, -0.05) is 16.8 Å². The van der Waals surface area contributed by atoms with Gasteiger partial charge in [0.05, 0.1) is 11.6 Å². The topological polar surface area (TPSA) is 46.3 Å². The first-order chi connectivity index (χ1) is 7.20. The number of halogens is 2. The quantitative estimate of drug-likeness (QED) is 0.858. The maximum atomic E-state index is 12.8. The summed E-state index contributed by atoms with van der Waals surface area (Å²) >= 11 is 5.83. The Morgan fingerprint density at radius 1 is 1.40 bits per heavy atom. The summed E-state index contributed by atoms with van der Waals surface area (Å²) in [6.45, 7) is -0.206. The molecule has 0 bridgehead atoms. The van der Waals surface area contributed by atoms with Crippen molar-refractivity contribution in [1.29, 1.82) is 0 Å². The molecule has 0 atom stereocenters. The monoisotopic (exact) mass is 227 g/mol. The standard InChI is InChI=1S/C10H7ClFNO2/c11-9-3-6(12)1-2-8(9)10-4-7(5-14)13-15-10/h1-4,14H,5H2. The third-order valence-electron chi connectivity index (χ3n) is 1.92. The molecule has 1 aromatic carbocycles. The highest BCUT2D eigenvalue weighted by molar-refractivity contribution is 6.33. The molecule has 0 fully saturated rings. The van der Waals surface area contributed by atoms with Crippen molar-refractivity contribution < 1.29 is 14.0 Å². The molecule has 0 saturated heterocycles. The Morgan fingerprint density at radius 3 is 2.80 bits per heavy atom. The van der Waals surface area contributed by atoms with Crippen LogP contribution in [0.1, 0.15) is 5.69 Å². The van der Waals surface area contributed by atoms with E-state index in [1.54, 1.807) is 6.07 Å². The summed E-state index contributed by atoms with van der Waals surface area (Å²) in [5.74, 6) is -0.00491. The van der Waals surface area contributed by atoms with E-state index in [9.17, 15) is 4.39 Å². The predicted molar refractivity (Wildman–Crippen MR) is 52.8 cm³/mol. The lowest BCUT2D eigenvalue weighted by atomic mass is 10.1. The summed E-state index contributed by atoms with van der Waals surface area (Å²) < 4.78 is 17.7. The van der Waals surface area contributed by atoms with E-state index in [1.807, 2.05) is 0 Å². The maximum Gasteiger partial charge on any atom is 0.168 e. The molecular formula is C10H7ClFNO2. The Hall–Kier alpha value is -1.39. The van der Waals surface area contributed by atoms with E-state index in [0.717, 1.165) is 0 Å². The van der Waals surface area contributed by atoms with Crippen LogP contribution in [0.4, 0.5) is 4.39 Å². The van der Waals surface area contributed by atoms with E-state index in [4.69, 9.17) is 21.2 Å². The molecule has 2 aromatic rings. The fourth-order valence-electron chi connectivity index (χ4n) is 1.20. The van der Waals surface area contributed by atoms with Gasteiger partial charge in [0.1, 0.15) is 11.5 Å². The van der Waals surface area contributed by atoms with Crippen molar-refractivity contribution in [3.63, 3.8) is 0 Å². The van der Waals surface area contributed by atoms with E-state index in [-0.39, 0.29) is 11.6 Å². The van der Waals surface area contributed by atoms with Gasteiger partial charge in [0.15, 0.2) is 5.76 Å². The normalized spacial score (nSPS) is 10.6. The molecule has 0 saturated carbocycles. The van der Waals surface area contributed by atoms with Crippen LogP contribution in [0.3, 0.4) is 0 Å². The van der Waals surface area contributed by atoms with Crippen LogP contribution < -0.4 is 0 Å². The maximum absolute atomic E-state index is 12.8. The Labute approximate surface area is 90.1 Å². The van der Waals surface area contributed by atoms with Crippen LogP contribution in [0.15, 0.2) is 28.8 Å². The van der Waals surface area contributed by atoms with Gasteiger partial charge >= 0.3 is 0 Å². The average Bonchev–Trinajstić information content (AvgIpc) is 2.66. The minimum atomic E-state index is -0.411. The van der Waals surface area contributed by atoms with Gasteiger partial charge in [-0.15, -0.1) is 0 Å². The highest BCUT2D eigenvalue weighted by Crippen LogP contribution is 2.28. The van der Waals surface area contributed by atoms with Crippen molar-refractivity contribution in [2.24, 2.45) is 0 Å². The van der Waals surface area contributed by atoms with Gasteiger partial charge in [0, 0.05) is 11.6 Å². The molecule has 0 spiro atoms. The number of nitrogens with zero attached hydrogens (tertiary/aromatic N) is 1. The molecule has 3 nitrogen and oxygen atoms in total. The molecule has 0 aliphatic rings. The van der Waals surface area contributed by atoms with Crippen molar-refractivity contribution in [1.82, 2.24) is 5.16 Å². The first kappa shape index (κ1) is 10.1. The van der Waals surface area contributed by atoms with Crippen LogP contribution in [0, 0.1) is 5.82 Å². The van der Waals surface area contributed by atoms with Crippen molar-refractivity contribution >= 4 is 11.6 Å². The minimum Gasteiger partial charge on any atom is -0.390 e. The van der Waals surface area contributed by atoms with Crippen molar-refractivity contribution in [2.45, 2.75) is 6.61 Å². The van der Waals surface area contributed by atoms with E-state index in [1.165, 1.54) is 18.2 Å². The largest absolute Gasteiger partial charge is 0.390 e. The second kappa shape index (κ2) is 4.00. The summed E-state index contributed by atoms with van der Waals surface area (Å²) in [5, 5.41) is 12.6. The Morgan fingerprint density at radius 2 is 2.20 bits per heavy atom. The molecular weight excluding hydrogens is 221 g/mol. The molecule has 78 valence electrons. The third kappa shape index (κ3) is 2.00. The SMILES string of the molecule is OCc1cc(-c2ccc(F)cc2Cl)on1. The van der Waals surface area contributed by atoms with Crippen LogP contribution in [-0.2, 0) is 6.61 Å². The second-order valence-corrected chi connectivity index (χ2v) is 3.37. The van der Waals surface area contributed by atoms with Crippen LogP contribution in [0.2, 0.25) is 5.02 Å². The number of hydrogen-bond donors (Lipinski definition) is 1. The van der Waals surface area contributed by atoms with Crippen molar-refractivity contribution in [2.75, 3.05) is 0 Å². The first-order valence-corrected chi connectivity index (χ1v) is 4.60. The third-order valence-corrected chi connectivity index (χ3v) is 2.23. The van der Waals surface area contributed by atoms with Gasteiger partial charge in [-0.05, 0) is 18.2 Å². The molecule has 0 amide bonds. The molecule has 0 radical (unpaired) electrons. The van der Waals surface area contributed by atoms with Gasteiger partial charge in [-0.25, -0.2) is 4.39 Å². The average molecular weight is 228 g/mol. The zero-order chi connectivity index (χ0) is 10.8. The molecule has 2 rings (SSSR count). The molecule has 0 aliphatic carbocycles. The van der Waals surface area contributed by atoms with Gasteiger partial charge in [0.25, 0.3) is 0 Å². The second-order valence-electron chi connectivity index (χ2n) is 2.96. The number of aliphatic hydroxyl groups is 1. The highest BCUT2D eigenvalue weighted by Gasteiger charge is 2.10. The van der Waals surface area contributed by atoms with Gasteiger partial charge in [-0.3, -0.25) is 0 Å². The molecule has 1 aromatic heterocycles. The lowest BCUT2D eigenvalue weighted by Gasteiger charge is -1.98. The molecule has 0 aliphatic heterocycles. The van der Waals surface area contributed by atoms with E-state index < -0.39 is 5.82 Å². The summed E-state index contributed by atoms with van der Waals surface area (Å²) in [5.41, 5.74) is 0.954. The summed E-state index contributed by atoms with van der Waals surface area (Å²) in [6.07, 6.45) is 0. The molecule has 15 heavy (non-hydrogen) atoms. The van der Waals surface area contributed by atoms with E-state index in [2.05, 4.69) is 5.16 Å². The molecule has 1 heterocycles. The fraction of sp³-hybridized carbons (Fsp3) is 0.100. The Kier molecular flexibility index (Phi) is 2.70. The summed E-state index contributed by atoms with van der Waals surface area (Å²) in [7, 11) is 0. The zero-order valence-corrected chi connectivity index (χ0v) is 8.33. The van der Waals surface area contributed by atoms with Gasteiger partial charge in [0.2, 0.25) is 0 Å². The number of benzene rings is 1. The number of aromatic nitrogens is 1. The smallest absolute Gasteiger partial charge is 0.168 e. The highest BCUT2D eigenvalue weighted by atomic mass is 35.5.